The van der Waals surface area contributed by atoms with Crippen LogP contribution in [0.1, 0.15) is 0 Å². The lowest BCUT2D eigenvalue weighted by molar-refractivity contribution is 0.402. The molecule has 11 heavy (non-hydrogen) atoms. The predicted octanol–water partition coefficient (Wildman–Crippen LogP) is 0.386. The Morgan fingerprint density at radius 1 is 1.36 bits per heavy atom. The normalized spacial score (nSPS) is 12.0. The standard InChI is InChI=1S/C7H20N2OSi/c1-10-11(2,3)7-6-9-5-4-8/h9H,4-8H2,1-3H3. The van der Waals surface area contributed by atoms with Gasteiger partial charge < -0.3 is 15.5 Å². The fourth-order valence-electron chi connectivity index (χ4n) is 0.719. The Morgan fingerprint density at radius 3 is 2.45 bits per heavy atom. The summed E-state index contributed by atoms with van der Waals surface area (Å²) in [6.45, 7) is 7.10. The molecule has 0 radical (unpaired) electrons. The van der Waals surface area contributed by atoms with E-state index >= 15 is 0 Å². The lowest BCUT2D eigenvalue weighted by atomic mass is 10.6. The Labute approximate surface area is 70.4 Å². The Bertz CT molecular complexity index is 98.4. The third kappa shape index (κ3) is 6.49. The van der Waals surface area contributed by atoms with E-state index in [-0.39, 0.29) is 0 Å². The summed E-state index contributed by atoms with van der Waals surface area (Å²) in [6.07, 6.45) is 0. The summed E-state index contributed by atoms with van der Waals surface area (Å²) in [7, 11) is 0.470. The molecule has 68 valence electrons. The molecule has 0 spiro atoms. The van der Waals surface area contributed by atoms with E-state index in [0.29, 0.717) is 0 Å². The van der Waals surface area contributed by atoms with Crippen molar-refractivity contribution in [2.45, 2.75) is 19.1 Å². The minimum absolute atomic E-state index is 0.717. The van der Waals surface area contributed by atoms with Gasteiger partial charge in [0, 0.05) is 20.2 Å². The molecule has 0 aromatic heterocycles. The Hall–Kier alpha value is 0.0969. The van der Waals surface area contributed by atoms with Gasteiger partial charge in [-0.25, -0.2) is 0 Å². The minimum Gasteiger partial charge on any atom is -0.420 e. The largest absolute Gasteiger partial charge is 0.420 e. The molecular weight excluding hydrogens is 156 g/mol. The molecule has 0 aliphatic heterocycles. The van der Waals surface area contributed by atoms with E-state index in [9.17, 15) is 0 Å². The second-order valence-corrected chi connectivity index (χ2v) is 7.68. The highest BCUT2D eigenvalue weighted by molar-refractivity contribution is 6.71. The molecule has 0 aliphatic carbocycles. The van der Waals surface area contributed by atoms with Crippen LogP contribution in [0.2, 0.25) is 19.1 Å². The quantitative estimate of drug-likeness (QED) is 0.454. The summed E-state index contributed by atoms with van der Waals surface area (Å²) in [5.74, 6) is 0. The zero-order valence-electron chi connectivity index (χ0n) is 7.81. The zero-order valence-corrected chi connectivity index (χ0v) is 8.81. The lowest BCUT2D eigenvalue weighted by Gasteiger charge is -2.19. The SMILES string of the molecule is CO[Si](C)(C)CCNCCN. The van der Waals surface area contributed by atoms with Gasteiger partial charge in [0.1, 0.15) is 0 Å². The molecule has 0 aromatic rings. The maximum absolute atomic E-state index is 5.39. The number of hydrogen-bond donors (Lipinski definition) is 2. The molecule has 0 unspecified atom stereocenters. The first-order valence-electron chi connectivity index (χ1n) is 4.08. The molecule has 0 saturated heterocycles. The van der Waals surface area contributed by atoms with Gasteiger partial charge in [0.25, 0.3) is 0 Å². The van der Waals surface area contributed by atoms with Gasteiger partial charge in [-0.3, -0.25) is 0 Å². The molecule has 0 bridgehead atoms. The smallest absolute Gasteiger partial charge is 0.187 e. The zero-order chi connectivity index (χ0) is 8.74. The lowest BCUT2D eigenvalue weighted by Crippen LogP contribution is -2.34. The fraction of sp³-hybridized carbons (Fsp3) is 1.00. The monoisotopic (exact) mass is 176 g/mol. The third-order valence-electron chi connectivity index (χ3n) is 1.78. The molecular formula is C7H20N2OSi. The van der Waals surface area contributed by atoms with Gasteiger partial charge in [-0.2, -0.15) is 0 Å². The van der Waals surface area contributed by atoms with E-state index in [4.69, 9.17) is 10.2 Å². The molecule has 0 atom stereocenters. The summed E-state index contributed by atoms with van der Waals surface area (Å²) in [4.78, 5) is 0. The Morgan fingerprint density at radius 2 is 2.00 bits per heavy atom. The van der Waals surface area contributed by atoms with Crippen molar-refractivity contribution < 1.29 is 4.43 Å². The van der Waals surface area contributed by atoms with Gasteiger partial charge in [-0.15, -0.1) is 0 Å². The van der Waals surface area contributed by atoms with Crippen LogP contribution in [0.3, 0.4) is 0 Å². The highest BCUT2D eigenvalue weighted by Gasteiger charge is 2.18. The second-order valence-electron chi connectivity index (χ2n) is 3.25. The maximum atomic E-state index is 5.39. The topological polar surface area (TPSA) is 47.3 Å². The molecule has 3 nitrogen and oxygen atoms in total. The third-order valence-corrected chi connectivity index (χ3v) is 4.34. The van der Waals surface area contributed by atoms with Gasteiger partial charge in [-0.05, 0) is 25.7 Å². The predicted molar refractivity (Wildman–Crippen MR) is 51.2 cm³/mol. The van der Waals surface area contributed by atoms with E-state index in [1.165, 1.54) is 0 Å². The summed E-state index contributed by atoms with van der Waals surface area (Å²) in [5.41, 5.74) is 5.33. The Balaban J connectivity index is 3.23. The van der Waals surface area contributed by atoms with Crippen molar-refractivity contribution in [1.29, 1.82) is 0 Å². The van der Waals surface area contributed by atoms with Gasteiger partial charge >= 0.3 is 0 Å². The molecule has 0 heterocycles. The van der Waals surface area contributed by atoms with Crippen LogP contribution in [0.4, 0.5) is 0 Å². The van der Waals surface area contributed by atoms with Gasteiger partial charge in [0.15, 0.2) is 8.32 Å². The van der Waals surface area contributed by atoms with Crippen molar-refractivity contribution in [2.24, 2.45) is 5.73 Å². The van der Waals surface area contributed by atoms with Crippen molar-refractivity contribution in [1.82, 2.24) is 5.32 Å². The molecule has 0 amide bonds. The highest BCUT2D eigenvalue weighted by Crippen LogP contribution is 2.07. The van der Waals surface area contributed by atoms with Crippen molar-refractivity contribution in [3.63, 3.8) is 0 Å². The number of nitrogens with one attached hydrogen (secondary N) is 1. The van der Waals surface area contributed by atoms with E-state index in [1.54, 1.807) is 7.11 Å². The first-order valence-corrected chi connectivity index (χ1v) is 7.20. The molecule has 3 N–H and O–H groups in total. The van der Waals surface area contributed by atoms with Gasteiger partial charge in [-0.1, -0.05) is 0 Å². The van der Waals surface area contributed by atoms with Crippen molar-refractivity contribution in [3.05, 3.63) is 0 Å². The highest BCUT2D eigenvalue weighted by atomic mass is 28.4. The van der Waals surface area contributed by atoms with Crippen LogP contribution in [-0.2, 0) is 4.43 Å². The van der Waals surface area contributed by atoms with Crippen LogP contribution in [0.15, 0.2) is 0 Å². The van der Waals surface area contributed by atoms with E-state index in [2.05, 4.69) is 18.4 Å². The fourth-order valence-corrected chi connectivity index (χ4v) is 1.70. The average molecular weight is 176 g/mol. The first kappa shape index (κ1) is 11.1. The summed E-state index contributed by atoms with van der Waals surface area (Å²) < 4.78 is 5.39. The van der Waals surface area contributed by atoms with Crippen molar-refractivity contribution in [3.8, 4) is 0 Å². The Kier molecular flexibility index (Phi) is 5.76. The maximum Gasteiger partial charge on any atom is 0.187 e. The minimum atomic E-state index is -1.33. The van der Waals surface area contributed by atoms with Crippen LogP contribution in [0, 0.1) is 0 Å². The summed E-state index contributed by atoms with van der Waals surface area (Å²) >= 11 is 0. The van der Waals surface area contributed by atoms with E-state index in [1.807, 2.05) is 0 Å². The molecule has 0 saturated carbocycles. The van der Waals surface area contributed by atoms with Crippen LogP contribution < -0.4 is 11.1 Å². The molecule has 0 aromatic carbocycles. The van der Waals surface area contributed by atoms with E-state index in [0.717, 1.165) is 25.7 Å². The second kappa shape index (κ2) is 5.71. The molecule has 0 fully saturated rings. The number of nitrogens with two attached hydrogens (primary N) is 1. The van der Waals surface area contributed by atoms with Crippen molar-refractivity contribution >= 4 is 8.32 Å². The van der Waals surface area contributed by atoms with Gasteiger partial charge in [0.05, 0.1) is 0 Å². The van der Waals surface area contributed by atoms with Crippen LogP contribution >= 0.6 is 0 Å². The van der Waals surface area contributed by atoms with Crippen molar-refractivity contribution in [2.75, 3.05) is 26.7 Å². The molecule has 0 rings (SSSR count). The van der Waals surface area contributed by atoms with Crippen LogP contribution in [0.5, 0.6) is 0 Å². The summed E-state index contributed by atoms with van der Waals surface area (Å²) in [5, 5.41) is 3.26. The van der Waals surface area contributed by atoms with Crippen LogP contribution in [-0.4, -0.2) is 35.1 Å². The number of rotatable bonds is 6. The first-order chi connectivity index (χ1) is 5.12. The number of hydrogen-bond acceptors (Lipinski definition) is 3. The van der Waals surface area contributed by atoms with E-state index < -0.39 is 8.32 Å². The average Bonchev–Trinajstić information content (AvgIpc) is 1.99. The van der Waals surface area contributed by atoms with Crippen LogP contribution in [0.25, 0.3) is 0 Å². The van der Waals surface area contributed by atoms with Gasteiger partial charge in [0.2, 0.25) is 0 Å². The molecule has 0 aliphatic rings. The molecule has 4 heteroatoms. The summed E-state index contributed by atoms with van der Waals surface area (Å²) in [6, 6.07) is 1.16.